The van der Waals surface area contributed by atoms with Gasteiger partial charge in [-0.15, -0.1) is 0 Å². The topological polar surface area (TPSA) is 37.3 Å². The van der Waals surface area contributed by atoms with Gasteiger partial charge in [0.05, 0.1) is 0 Å². The number of carboxylic acid groups (broad SMARTS) is 1. The highest BCUT2D eigenvalue weighted by Gasteiger charge is 2.27. The maximum Gasteiger partial charge on any atom is 0.328 e. The van der Waals surface area contributed by atoms with Gasteiger partial charge in [-0.2, -0.15) is 0 Å². The Morgan fingerprint density at radius 1 is 1.12 bits per heavy atom. The summed E-state index contributed by atoms with van der Waals surface area (Å²) in [5, 5.41) is 8.85. The van der Waals surface area contributed by atoms with Crippen molar-refractivity contribution in [2.75, 3.05) is 0 Å². The number of carbonyl (C=O) groups is 1. The lowest BCUT2D eigenvalue weighted by Crippen LogP contribution is -2.20. The molecule has 0 aromatic rings. The van der Waals surface area contributed by atoms with Gasteiger partial charge in [-0.3, -0.25) is 0 Å². The average Bonchev–Trinajstić information content (AvgIpc) is 2.52. The Morgan fingerprint density at radius 3 is 2.36 bits per heavy atom. The highest BCUT2D eigenvalue weighted by molar-refractivity contribution is 5.81. The fraction of sp³-hybridized carbons (Fsp3) is 0.609. The fourth-order valence-corrected chi connectivity index (χ4v) is 4.41. The summed E-state index contributed by atoms with van der Waals surface area (Å²) in [7, 11) is 0. The number of hydrogen-bond acceptors (Lipinski definition) is 1. The SMILES string of the molecule is CC1=C(/C=C/C2CCCCC2/C=C/C(C)=C/C(=O)O)C(C)(C)CCC1. The van der Waals surface area contributed by atoms with Crippen LogP contribution in [0.3, 0.4) is 0 Å². The van der Waals surface area contributed by atoms with Crippen molar-refractivity contribution in [1.29, 1.82) is 0 Å². The summed E-state index contributed by atoms with van der Waals surface area (Å²) in [6.07, 6.45) is 19.2. The molecule has 0 bridgehead atoms. The molecule has 2 rings (SSSR count). The molecule has 0 aromatic heterocycles. The Hall–Kier alpha value is -1.57. The molecular weight excluding hydrogens is 308 g/mol. The predicted molar refractivity (Wildman–Crippen MR) is 105 cm³/mol. The molecule has 2 atom stereocenters. The molecule has 2 aliphatic carbocycles. The van der Waals surface area contributed by atoms with Crippen LogP contribution in [0.1, 0.15) is 72.6 Å². The van der Waals surface area contributed by atoms with Crippen LogP contribution >= 0.6 is 0 Å². The van der Waals surface area contributed by atoms with Gasteiger partial charge in [0.1, 0.15) is 0 Å². The number of carboxylic acids is 1. The van der Waals surface area contributed by atoms with Gasteiger partial charge in [-0.1, -0.05) is 56.6 Å². The van der Waals surface area contributed by atoms with Gasteiger partial charge in [-0.25, -0.2) is 4.79 Å². The lowest BCUT2D eigenvalue weighted by atomic mass is 9.71. The van der Waals surface area contributed by atoms with Crippen molar-refractivity contribution in [2.45, 2.75) is 72.6 Å². The molecule has 2 heteroatoms. The molecule has 1 saturated carbocycles. The zero-order chi connectivity index (χ0) is 18.4. The minimum atomic E-state index is -0.871. The minimum absolute atomic E-state index is 0.291. The Kier molecular flexibility index (Phi) is 6.87. The molecule has 0 aliphatic heterocycles. The second kappa shape index (κ2) is 8.69. The van der Waals surface area contributed by atoms with Crippen LogP contribution in [0.5, 0.6) is 0 Å². The fourth-order valence-electron chi connectivity index (χ4n) is 4.41. The molecule has 2 unspecified atom stereocenters. The highest BCUT2D eigenvalue weighted by atomic mass is 16.4. The second-order valence-corrected chi connectivity index (χ2v) is 8.49. The monoisotopic (exact) mass is 342 g/mol. The van der Waals surface area contributed by atoms with Crippen LogP contribution in [0, 0.1) is 17.3 Å². The zero-order valence-corrected chi connectivity index (χ0v) is 16.3. The van der Waals surface area contributed by atoms with Crippen molar-refractivity contribution in [2.24, 2.45) is 17.3 Å². The molecular formula is C23H34O2. The summed E-state index contributed by atoms with van der Waals surface area (Å²) in [5.74, 6) is 0.222. The van der Waals surface area contributed by atoms with Crippen LogP contribution in [0.2, 0.25) is 0 Å². The molecule has 2 aliphatic rings. The van der Waals surface area contributed by atoms with Gasteiger partial charge in [0.15, 0.2) is 0 Å². The van der Waals surface area contributed by atoms with Crippen LogP contribution in [0.4, 0.5) is 0 Å². The van der Waals surface area contributed by atoms with E-state index >= 15 is 0 Å². The zero-order valence-electron chi connectivity index (χ0n) is 16.3. The molecule has 25 heavy (non-hydrogen) atoms. The van der Waals surface area contributed by atoms with Crippen LogP contribution in [0.15, 0.2) is 47.1 Å². The van der Waals surface area contributed by atoms with E-state index in [1.54, 1.807) is 5.57 Å². The van der Waals surface area contributed by atoms with Crippen molar-refractivity contribution in [3.05, 3.63) is 47.1 Å². The first kappa shape index (κ1) is 19.8. The van der Waals surface area contributed by atoms with E-state index in [9.17, 15) is 4.79 Å². The summed E-state index contributed by atoms with van der Waals surface area (Å²) in [6.45, 7) is 8.89. The molecule has 0 saturated heterocycles. The first-order valence-corrected chi connectivity index (χ1v) is 9.77. The number of aliphatic carboxylic acids is 1. The van der Waals surface area contributed by atoms with Crippen molar-refractivity contribution < 1.29 is 9.90 Å². The molecule has 2 nitrogen and oxygen atoms in total. The first-order chi connectivity index (χ1) is 11.8. The van der Waals surface area contributed by atoms with E-state index < -0.39 is 5.97 Å². The van der Waals surface area contributed by atoms with E-state index in [0.29, 0.717) is 17.3 Å². The van der Waals surface area contributed by atoms with Gasteiger partial charge < -0.3 is 5.11 Å². The van der Waals surface area contributed by atoms with Gasteiger partial charge in [-0.05, 0) is 74.3 Å². The lowest BCUT2D eigenvalue weighted by Gasteiger charge is -2.34. The number of hydrogen-bond donors (Lipinski definition) is 1. The lowest BCUT2D eigenvalue weighted by molar-refractivity contribution is -0.131. The quantitative estimate of drug-likeness (QED) is 0.459. The molecule has 1 fully saturated rings. The third-order valence-electron chi connectivity index (χ3n) is 5.88. The van der Waals surface area contributed by atoms with Gasteiger partial charge in [0.25, 0.3) is 0 Å². The normalized spacial score (nSPS) is 28.1. The molecule has 0 spiro atoms. The van der Waals surface area contributed by atoms with Crippen LogP contribution in [-0.2, 0) is 4.79 Å². The van der Waals surface area contributed by atoms with E-state index in [0.717, 1.165) is 5.57 Å². The van der Waals surface area contributed by atoms with Crippen molar-refractivity contribution in [3.8, 4) is 0 Å². The third kappa shape index (κ3) is 5.73. The van der Waals surface area contributed by atoms with E-state index in [1.165, 1.54) is 56.6 Å². The Labute approximate surface area is 153 Å². The largest absolute Gasteiger partial charge is 0.478 e. The summed E-state index contributed by atoms with van der Waals surface area (Å²) in [5.41, 5.74) is 4.19. The summed E-state index contributed by atoms with van der Waals surface area (Å²) in [6, 6.07) is 0. The maximum atomic E-state index is 10.8. The van der Waals surface area contributed by atoms with Gasteiger partial charge in [0.2, 0.25) is 0 Å². The van der Waals surface area contributed by atoms with Gasteiger partial charge in [0, 0.05) is 6.08 Å². The molecule has 0 radical (unpaired) electrons. The van der Waals surface area contributed by atoms with Crippen LogP contribution < -0.4 is 0 Å². The maximum absolute atomic E-state index is 10.8. The third-order valence-corrected chi connectivity index (χ3v) is 5.88. The minimum Gasteiger partial charge on any atom is -0.478 e. The molecule has 0 aromatic carbocycles. The summed E-state index contributed by atoms with van der Waals surface area (Å²) < 4.78 is 0. The summed E-state index contributed by atoms with van der Waals surface area (Å²) >= 11 is 0. The van der Waals surface area contributed by atoms with Gasteiger partial charge >= 0.3 is 5.97 Å². The first-order valence-electron chi connectivity index (χ1n) is 9.77. The van der Waals surface area contributed by atoms with E-state index in [1.807, 2.05) is 13.0 Å². The Balaban J connectivity index is 2.13. The van der Waals surface area contributed by atoms with E-state index in [4.69, 9.17) is 5.11 Å². The molecule has 138 valence electrons. The summed E-state index contributed by atoms with van der Waals surface area (Å²) in [4.78, 5) is 10.8. The predicted octanol–water partition coefficient (Wildman–Crippen LogP) is 6.46. The molecule has 0 heterocycles. The highest BCUT2D eigenvalue weighted by Crippen LogP contribution is 2.41. The van der Waals surface area contributed by atoms with Crippen molar-refractivity contribution >= 4 is 5.97 Å². The van der Waals surface area contributed by atoms with E-state index in [-0.39, 0.29) is 0 Å². The average molecular weight is 343 g/mol. The van der Waals surface area contributed by atoms with Crippen molar-refractivity contribution in [1.82, 2.24) is 0 Å². The number of rotatable bonds is 5. The molecule has 1 N–H and O–H groups in total. The van der Waals surface area contributed by atoms with Crippen LogP contribution in [-0.4, -0.2) is 11.1 Å². The second-order valence-electron chi connectivity index (χ2n) is 8.49. The van der Waals surface area contributed by atoms with Crippen molar-refractivity contribution in [3.63, 3.8) is 0 Å². The smallest absolute Gasteiger partial charge is 0.328 e. The Bertz CT molecular complexity index is 602. The van der Waals surface area contributed by atoms with E-state index in [2.05, 4.69) is 39.0 Å². The number of allylic oxidation sites excluding steroid dienone is 7. The molecule has 0 amide bonds. The standard InChI is InChI=1S/C23H34O2/c1-17(16-22(24)25)11-12-19-9-5-6-10-20(19)13-14-21-18(2)8-7-15-23(21,3)4/h11-14,16,19-20H,5-10,15H2,1-4H3,(H,24,25)/b12-11+,14-13+,17-16+. The Morgan fingerprint density at radius 2 is 1.76 bits per heavy atom. The van der Waals surface area contributed by atoms with Crippen LogP contribution in [0.25, 0.3) is 0 Å².